The fourth-order valence-corrected chi connectivity index (χ4v) is 3.25. The molecule has 1 atom stereocenters. The summed E-state index contributed by atoms with van der Waals surface area (Å²) in [7, 11) is 2.14. The summed E-state index contributed by atoms with van der Waals surface area (Å²) in [5.41, 5.74) is 0.964. The van der Waals surface area contributed by atoms with Gasteiger partial charge in [-0.05, 0) is 51.5 Å². The maximum Gasteiger partial charge on any atom is 0.241 e. The van der Waals surface area contributed by atoms with Gasteiger partial charge < -0.3 is 9.84 Å². The van der Waals surface area contributed by atoms with Gasteiger partial charge in [-0.3, -0.25) is 4.90 Å². The average Bonchev–Trinajstić information content (AvgIpc) is 2.80. The number of hydrogen-bond donors (Lipinski definition) is 1. The summed E-state index contributed by atoms with van der Waals surface area (Å²) in [6, 6.07) is 8.52. The van der Waals surface area contributed by atoms with Crippen LogP contribution in [0.3, 0.4) is 0 Å². The molecule has 1 saturated heterocycles. The summed E-state index contributed by atoms with van der Waals surface area (Å²) in [6.07, 6.45) is 3.61. The Morgan fingerprint density at radius 2 is 2.22 bits per heavy atom. The lowest BCUT2D eigenvalue weighted by molar-refractivity contribution is 0.190. The Bertz CT molecular complexity index is 614. The summed E-state index contributed by atoms with van der Waals surface area (Å²) in [4.78, 5) is 6.85. The summed E-state index contributed by atoms with van der Waals surface area (Å²) in [6.45, 7) is 2.91. The molecule has 1 N–H and O–H groups in total. The zero-order valence-electron chi connectivity index (χ0n) is 13.2. The molecule has 2 heterocycles. The molecular formula is C16H22BrClN4O. The van der Waals surface area contributed by atoms with Crippen molar-refractivity contribution in [3.8, 4) is 11.4 Å². The van der Waals surface area contributed by atoms with E-state index in [0.29, 0.717) is 24.3 Å². The first kappa shape index (κ1) is 18.4. The number of aromatic nitrogens is 2. The first-order valence-electron chi connectivity index (χ1n) is 7.72. The molecule has 0 aliphatic carbocycles. The zero-order valence-corrected chi connectivity index (χ0v) is 15.6. The van der Waals surface area contributed by atoms with Gasteiger partial charge in [0.1, 0.15) is 0 Å². The second-order valence-corrected chi connectivity index (χ2v) is 6.69. The van der Waals surface area contributed by atoms with Crippen LogP contribution < -0.4 is 5.32 Å². The number of nitrogens with one attached hydrogen (secondary N) is 1. The van der Waals surface area contributed by atoms with Crippen molar-refractivity contribution in [3.63, 3.8) is 0 Å². The molecule has 1 unspecified atom stereocenters. The summed E-state index contributed by atoms with van der Waals surface area (Å²) in [5.74, 6) is 1.32. The van der Waals surface area contributed by atoms with Crippen LogP contribution in [0.2, 0.25) is 0 Å². The smallest absolute Gasteiger partial charge is 0.241 e. The van der Waals surface area contributed by atoms with Crippen molar-refractivity contribution in [1.82, 2.24) is 20.4 Å². The average molecular weight is 402 g/mol. The van der Waals surface area contributed by atoms with Gasteiger partial charge in [-0.25, -0.2) is 0 Å². The molecule has 0 bridgehead atoms. The topological polar surface area (TPSA) is 54.2 Å². The van der Waals surface area contributed by atoms with Crippen LogP contribution in [-0.2, 0) is 6.54 Å². The van der Waals surface area contributed by atoms with Crippen LogP contribution in [0.15, 0.2) is 33.3 Å². The Hall–Kier alpha value is -0.950. The molecule has 1 aromatic heterocycles. The van der Waals surface area contributed by atoms with E-state index in [4.69, 9.17) is 4.52 Å². The molecule has 1 aromatic carbocycles. The minimum absolute atomic E-state index is 0. The second-order valence-electron chi connectivity index (χ2n) is 5.77. The normalized spacial score (nSPS) is 18.5. The van der Waals surface area contributed by atoms with Crippen LogP contribution in [0.25, 0.3) is 11.4 Å². The number of rotatable bonds is 4. The molecule has 3 rings (SSSR count). The van der Waals surface area contributed by atoms with E-state index < -0.39 is 0 Å². The highest BCUT2D eigenvalue weighted by Gasteiger charge is 2.19. The molecule has 23 heavy (non-hydrogen) atoms. The molecule has 126 valence electrons. The highest BCUT2D eigenvalue weighted by atomic mass is 79.9. The van der Waals surface area contributed by atoms with Crippen LogP contribution in [0.4, 0.5) is 0 Å². The van der Waals surface area contributed by atoms with E-state index in [2.05, 4.69) is 43.3 Å². The summed E-state index contributed by atoms with van der Waals surface area (Å²) >= 11 is 3.47. The van der Waals surface area contributed by atoms with Gasteiger partial charge in [0.25, 0.3) is 0 Å². The van der Waals surface area contributed by atoms with Gasteiger partial charge in [-0.15, -0.1) is 12.4 Å². The highest BCUT2D eigenvalue weighted by molar-refractivity contribution is 9.10. The van der Waals surface area contributed by atoms with Crippen LogP contribution in [0.1, 0.15) is 25.2 Å². The molecule has 1 aliphatic rings. The molecule has 0 saturated carbocycles. The van der Waals surface area contributed by atoms with Crippen molar-refractivity contribution in [2.75, 3.05) is 20.1 Å². The molecule has 1 aliphatic heterocycles. The molecule has 5 nitrogen and oxygen atoms in total. The van der Waals surface area contributed by atoms with Gasteiger partial charge >= 0.3 is 0 Å². The van der Waals surface area contributed by atoms with Gasteiger partial charge in [0.2, 0.25) is 11.7 Å². The van der Waals surface area contributed by atoms with Gasteiger partial charge in [0.05, 0.1) is 6.54 Å². The Morgan fingerprint density at radius 1 is 1.35 bits per heavy atom. The fourth-order valence-electron chi connectivity index (χ4n) is 2.85. The number of benzene rings is 1. The van der Waals surface area contributed by atoms with E-state index in [1.807, 2.05) is 24.3 Å². The fraction of sp³-hybridized carbons (Fsp3) is 0.500. The molecule has 0 radical (unpaired) electrons. The van der Waals surface area contributed by atoms with E-state index >= 15 is 0 Å². The van der Waals surface area contributed by atoms with Crippen LogP contribution in [-0.4, -0.2) is 41.2 Å². The molecular weight excluding hydrogens is 380 g/mol. The Kier molecular flexibility index (Phi) is 7.02. The number of halogens is 2. The Morgan fingerprint density at radius 3 is 3.04 bits per heavy atom. The van der Waals surface area contributed by atoms with Gasteiger partial charge in [0, 0.05) is 16.1 Å². The minimum Gasteiger partial charge on any atom is -0.338 e. The lowest BCUT2D eigenvalue weighted by Gasteiger charge is -2.25. The largest absolute Gasteiger partial charge is 0.338 e. The number of nitrogens with zero attached hydrogens (tertiary/aromatic N) is 3. The van der Waals surface area contributed by atoms with Crippen molar-refractivity contribution >= 4 is 28.3 Å². The predicted octanol–water partition coefficient (Wildman–Crippen LogP) is 3.49. The zero-order chi connectivity index (χ0) is 15.4. The summed E-state index contributed by atoms with van der Waals surface area (Å²) < 4.78 is 6.43. The van der Waals surface area contributed by atoms with E-state index in [-0.39, 0.29) is 12.4 Å². The standard InChI is InChI=1S/C16H21BrN4O.ClH/c1-21(14-6-3-8-18-9-7-14)11-15-19-16(20-22-15)12-4-2-5-13(17)10-12;/h2,4-5,10,14,18H,3,6-9,11H2,1H3;1H. The third-order valence-electron chi connectivity index (χ3n) is 4.10. The third-order valence-corrected chi connectivity index (χ3v) is 4.60. The lowest BCUT2D eigenvalue weighted by atomic mass is 10.1. The van der Waals surface area contributed by atoms with Crippen molar-refractivity contribution in [2.24, 2.45) is 0 Å². The van der Waals surface area contributed by atoms with Crippen LogP contribution in [0.5, 0.6) is 0 Å². The lowest BCUT2D eigenvalue weighted by Crippen LogP contribution is -2.32. The molecule has 1 fully saturated rings. The van der Waals surface area contributed by atoms with E-state index in [1.54, 1.807) is 0 Å². The van der Waals surface area contributed by atoms with Crippen LogP contribution in [0, 0.1) is 0 Å². The third kappa shape index (κ3) is 5.01. The molecule has 0 spiro atoms. The SMILES string of the molecule is CN(Cc1nc(-c2cccc(Br)c2)no1)C1CCCNCC1.Cl. The van der Waals surface area contributed by atoms with Crippen molar-refractivity contribution in [3.05, 3.63) is 34.6 Å². The molecule has 0 amide bonds. The van der Waals surface area contributed by atoms with E-state index in [0.717, 1.165) is 23.1 Å². The maximum atomic E-state index is 5.42. The first-order chi connectivity index (χ1) is 10.7. The maximum absolute atomic E-state index is 5.42. The highest BCUT2D eigenvalue weighted by Crippen LogP contribution is 2.21. The minimum atomic E-state index is 0. The monoisotopic (exact) mass is 400 g/mol. The molecule has 2 aromatic rings. The first-order valence-corrected chi connectivity index (χ1v) is 8.51. The quantitative estimate of drug-likeness (QED) is 0.850. The Labute approximate surface area is 151 Å². The van der Waals surface area contributed by atoms with Crippen molar-refractivity contribution < 1.29 is 4.52 Å². The van der Waals surface area contributed by atoms with E-state index in [9.17, 15) is 0 Å². The van der Waals surface area contributed by atoms with Crippen molar-refractivity contribution in [2.45, 2.75) is 31.8 Å². The van der Waals surface area contributed by atoms with E-state index in [1.165, 1.54) is 19.3 Å². The van der Waals surface area contributed by atoms with Crippen molar-refractivity contribution in [1.29, 1.82) is 0 Å². The van der Waals surface area contributed by atoms with Crippen LogP contribution >= 0.6 is 28.3 Å². The predicted molar refractivity (Wildman–Crippen MR) is 96.7 cm³/mol. The second kappa shape index (κ2) is 8.78. The molecule has 7 heteroatoms. The Balaban J connectivity index is 0.00000192. The van der Waals surface area contributed by atoms with Gasteiger partial charge in [-0.2, -0.15) is 4.98 Å². The summed E-state index contributed by atoms with van der Waals surface area (Å²) in [5, 5.41) is 7.54. The number of hydrogen-bond acceptors (Lipinski definition) is 5. The van der Waals surface area contributed by atoms with Gasteiger partial charge in [-0.1, -0.05) is 33.2 Å². The van der Waals surface area contributed by atoms with Gasteiger partial charge in [0.15, 0.2) is 0 Å².